The summed E-state index contributed by atoms with van der Waals surface area (Å²) in [6.45, 7) is 0.221. The lowest BCUT2D eigenvalue weighted by atomic mass is 10.1. The van der Waals surface area contributed by atoms with Crippen LogP contribution in [0.5, 0.6) is 0 Å². The molecule has 1 saturated heterocycles. The third-order valence-electron chi connectivity index (χ3n) is 5.53. The molecule has 1 aliphatic carbocycles. The summed E-state index contributed by atoms with van der Waals surface area (Å²) in [7, 11) is 0. The number of anilines is 1. The highest BCUT2D eigenvalue weighted by atomic mass is 19.4. The number of fused-ring (bicyclic) bond motifs is 1. The molecule has 2 fully saturated rings. The zero-order chi connectivity index (χ0) is 22.9. The first kappa shape index (κ1) is 23.1. The molecule has 5 N–H and O–H groups in total. The van der Waals surface area contributed by atoms with Crippen LogP contribution < -0.4 is 10.6 Å². The van der Waals surface area contributed by atoms with Gasteiger partial charge in [-0.1, -0.05) is 0 Å². The van der Waals surface area contributed by atoms with E-state index in [0.29, 0.717) is 6.42 Å². The summed E-state index contributed by atoms with van der Waals surface area (Å²) in [4.78, 5) is 29.6. The number of aliphatic hydroxyl groups excluding tert-OH is 2. The van der Waals surface area contributed by atoms with Crippen LogP contribution in [0, 0.1) is 11.3 Å². The molecular formula is C19H24F3N5O4. The number of Topliss-reactive ketones (excluding diaryl/α,β-unsaturated/α-hetero) is 1. The fraction of sp³-hybridized carbons (Fsp3) is 0.579. The van der Waals surface area contributed by atoms with Crippen molar-refractivity contribution in [2.24, 2.45) is 5.92 Å². The number of aliphatic hydroxyl groups is 2. The Kier molecular flexibility index (Phi) is 6.62. The maximum Gasteiger partial charge on any atom is 0.416 e. The number of carbonyl (C=O) groups is 2. The van der Waals surface area contributed by atoms with Crippen molar-refractivity contribution in [1.82, 2.24) is 15.2 Å². The van der Waals surface area contributed by atoms with E-state index in [9.17, 15) is 27.9 Å². The van der Waals surface area contributed by atoms with Crippen LogP contribution in [0.1, 0.15) is 25.3 Å². The molecule has 0 radical (unpaired) electrons. The van der Waals surface area contributed by atoms with Crippen LogP contribution in [0.3, 0.4) is 0 Å². The molecule has 2 aliphatic rings. The maximum absolute atomic E-state index is 12.4. The molecule has 1 aromatic rings. The maximum atomic E-state index is 12.4. The van der Waals surface area contributed by atoms with E-state index in [1.54, 1.807) is 17.0 Å². The number of piperidine rings is 1. The van der Waals surface area contributed by atoms with Gasteiger partial charge in [0, 0.05) is 24.7 Å². The van der Waals surface area contributed by atoms with Gasteiger partial charge in [0.05, 0.1) is 19.1 Å². The first-order valence-electron chi connectivity index (χ1n) is 9.77. The molecule has 3 rings (SSSR count). The van der Waals surface area contributed by atoms with Gasteiger partial charge in [0.1, 0.15) is 17.8 Å². The van der Waals surface area contributed by atoms with E-state index in [-0.39, 0.29) is 35.6 Å². The van der Waals surface area contributed by atoms with Crippen molar-refractivity contribution in [3.8, 4) is 0 Å². The summed E-state index contributed by atoms with van der Waals surface area (Å²) in [5.41, 5.74) is 0.0253. The van der Waals surface area contributed by atoms with E-state index < -0.39 is 42.8 Å². The molecule has 12 heteroatoms. The zero-order valence-electron chi connectivity index (χ0n) is 16.7. The van der Waals surface area contributed by atoms with Crippen LogP contribution >= 0.6 is 0 Å². The van der Waals surface area contributed by atoms with Gasteiger partial charge in [-0.15, -0.1) is 0 Å². The second-order valence-corrected chi connectivity index (χ2v) is 7.76. The smallest absolute Gasteiger partial charge is 0.382 e. The van der Waals surface area contributed by atoms with Gasteiger partial charge in [-0.25, -0.2) is 4.98 Å². The number of hydrogen-bond donors (Lipinski definition) is 5. The SMILES string of the molecule is CC(=O)C(=N)c1cccnc1NCC(O)N1C(C(=O)NCC(O)C(F)(F)F)C[C@H]2C[C@H]21. The number of rotatable bonds is 9. The molecule has 9 nitrogen and oxygen atoms in total. The average Bonchev–Trinajstić information content (AvgIpc) is 3.38. The molecule has 1 aliphatic heterocycles. The number of nitrogens with one attached hydrogen (secondary N) is 3. The molecule has 1 amide bonds. The normalized spacial score (nSPS) is 24.8. The van der Waals surface area contributed by atoms with Crippen molar-refractivity contribution < 1.29 is 33.0 Å². The zero-order valence-corrected chi connectivity index (χ0v) is 16.7. The Morgan fingerprint density at radius 1 is 1.32 bits per heavy atom. The number of hydrogen-bond acceptors (Lipinski definition) is 8. The van der Waals surface area contributed by atoms with Crippen molar-refractivity contribution in [2.45, 2.75) is 50.4 Å². The Morgan fingerprint density at radius 2 is 2.03 bits per heavy atom. The minimum absolute atomic E-state index is 0.0567. The molecule has 0 bridgehead atoms. The Balaban J connectivity index is 1.62. The van der Waals surface area contributed by atoms with Crippen LogP contribution in [-0.2, 0) is 9.59 Å². The van der Waals surface area contributed by atoms with Crippen LogP contribution in [-0.4, -0.2) is 81.2 Å². The van der Waals surface area contributed by atoms with Gasteiger partial charge in [-0.3, -0.25) is 19.9 Å². The van der Waals surface area contributed by atoms with Crippen LogP contribution in [0.4, 0.5) is 19.0 Å². The number of aromatic nitrogens is 1. The lowest BCUT2D eigenvalue weighted by molar-refractivity contribution is -0.202. The summed E-state index contributed by atoms with van der Waals surface area (Å²) in [6, 6.07) is 2.23. The standard InChI is InChI=1S/C19H24F3N5O4/c1-9(28)16(23)11-3-2-4-24-17(11)25-8-15(30)27-12-5-10(12)6-13(27)18(31)26-7-14(29)19(20,21)22/h2-4,10,12-15,23,29-30H,5-8H2,1H3,(H,24,25)(H,26,31)/t10-,12-,13?,14?,15?/m1/s1. The summed E-state index contributed by atoms with van der Waals surface area (Å²) >= 11 is 0. The molecule has 0 aromatic carbocycles. The van der Waals surface area contributed by atoms with Crippen LogP contribution in [0.25, 0.3) is 0 Å². The minimum Gasteiger partial charge on any atom is -0.382 e. The molecule has 1 saturated carbocycles. The second kappa shape index (κ2) is 8.89. The Hall–Kier alpha value is -2.57. The van der Waals surface area contributed by atoms with Crippen molar-refractivity contribution >= 4 is 23.2 Å². The van der Waals surface area contributed by atoms with Gasteiger partial charge in [0.25, 0.3) is 0 Å². The first-order valence-corrected chi connectivity index (χ1v) is 9.77. The largest absolute Gasteiger partial charge is 0.416 e. The number of alkyl halides is 3. The van der Waals surface area contributed by atoms with Gasteiger partial charge >= 0.3 is 6.18 Å². The van der Waals surface area contributed by atoms with Gasteiger partial charge in [0.2, 0.25) is 5.91 Å². The number of halogens is 3. The van der Waals surface area contributed by atoms with Gasteiger partial charge < -0.3 is 20.8 Å². The lowest BCUT2D eigenvalue weighted by Crippen LogP contribution is -2.53. The first-order chi connectivity index (χ1) is 14.5. The number of carbonyl (C=O) groups excluding carboxylic acids is 2. The van der Waals surface area contributed by atoms with Gasteiger partial charge in [0.15, 0.2) is 11.9 Å². The van der Waals surface area contributed by atoms with E-state index in [2.05, 4.69) is 15.6 Å². The van der Waals surface area contributed by atoms with Crippen LogP contribution in [0.15, 0.2) is 18.3 Å². The van der Waals surface area contributed by atoms with E-state index >= 15 is 0 Å². The fourth-order valence-corrected chi connectivity index (χ4v) is 3.82. The number of amides is 1. The Labute approximate surface area is 176 Å². The van der Waals surface area contributed by atoms with E-state index in [1.165, 1.54) is 13.1 Å². The third kappa shape index (κ3) is 5.20. The third-order valence-corrected chi connectivity index (χ3v) is 5.53. The predicted molar refractivity (Wildman–Crippen MR) is 103 cm³/mol. The van der Waals surface area contributed by atoms with Crippen molar-refractivity contribution in [3.63, 3.8) is 0 Å². The molecule has 3 unspecified atom stereocenters. The Bertz CT molecular complexity index is 865. The number of pyridine rings is 1. The minimum atomic E-state index is -4.83. The molecule has 5 atom stereocenters. The highest BCUT2D eigenvalue weighted by Crippen LogP contribution is 2.48. The van der Waals surface area contributed by atoms with Gasteiger partial charge in [-0.2, -0.15) is 13.2 Å². The molecule has 170 valence electrons. The molecule has 31 heavy (non-hydrogen) atoms. The summed E-state index contributed by atoms with van der Waals surface area (Å²) in [5, 5.41) is 32.6. The molecular weight excluding hydrogens is 419 g/mol. The monoisotopic (exact) mass is 443 g/mol. The summed E-state index contributed by atoms with van der Waals surface area (Å²) in [6.07, 6.45) is -6.01. The summed E-state index contributed by atoms with van der Waals surface area (Å²) in [5.74, 6) is -0.738. The van der Waals surface area contributed by atoms with Crippen molar-refractivity contribution in [1.29, 1.82) is 5.41 Å². The van der Waals surface area contributed by atoms with Crippen LogP contribution in [0.2, 0.25) is 0 Å². The average molecular weight is 443 g/mol. The fourth-order valence-electron chi connectivity index (χ4n) is 3.82. The molecule has 0 spiro atoms. The quantitative estimate of drug-likeness (QED) is 0.345. The van der Waals surface area contributed by atoms with Gasteiger partial charge in [-0.05, 0) is 30.9 Å². The lowest BCUT2D eigenvalue weighted by Gasteiger charge is -2.31. The topological polar surface area (TPSA) is 139 Å². The second-order valence-electron chi connectivity index (χ2n) is 7.76. The van der Waals surface area contributed by atoms with E-state index in [4.69, 9.17) is 10.5 Å². The van der Waals surface area contributed by atoms with Crippen molar-refractivity contribution in [3.05, 3.63) is 23.9 Å². The Morgan fingerprint density at radius 3 is 2.68 bits per heavy atom. The van der Waals surface area contributed by atoms with E-state index in [0.717, 1.165) is 6.42 Å². The van der Waals surface area contributed by atoms with Crippen molar-refractivity contribution in [2.75, 3.05) is 18.4 Å². The molecule has 1 aromatic heterocycles. The highest BCUT2D eigenvalue weighted by molar-refractivity contribution is 6.45. The number of ketones is 1. The molecule has 2 heterocycles. The highest BCUT2D eigenvalue weighted by Gasteiger charge is 2.56. The van der Waals surface area contributed by atoms with E-state index in [1.807, 2.05) is 0 Å². The predicted octanol–water partition coefficient (Wildman–Crippen LogP) is 0.271. The number of nitrogens with zero attached hydrogens (tertiary/aromatic N) is 2. The summed E-state index contributed by atoms with van der Waals surface area (Å²) < 4.78 is 37.3. The number of likely N-dealkylation sites (tertiary alicyclic amines) is 1.